The number of aromatic nitrogens is 1. The molecule has 12 heteroatoms. The van der Waals surface area contributed by atoms with E-state index in [4.69, 9.17) is 11.6 Å². The molecule has 210 valence electrons. The average molecular weight is 588 g/mol. The average Bonchev–Trinajstić information content (AvgIpc) is 3.26. The molecule has 0 spiro atoms. The second-order valence-corrected chi connectivity index (χ2v) is 9.93. The number of fused-ring (bicyclic) bond motifs is 1. The highest BCUT2D eigenvalue weighted by Crippen LogP contribution is 2.42. The van der Waals surface area contributed by atoms with Crippen LogP contribution in [-0.2, 0) is 11.8 Å². The third kappa shape index (κ3) is 5.38. The Bertz CT molecular complexity index is 1690. The maximum atomic E-state index is 14.2. The number of anilines is 1. The number of rotatable bonds is 5. The van der Waals surface area contributed by atoms with Crippen LogP contribution in [0.4, 0.5) is 27.6 Å². The number of hydrogen-bond donors (Lipinski definition) is 3. The van der Waals surface area contributed by atoms with Gasteiger partial charge in [0.15, 0.2) is 0 Å². The van der Waals surface area contributed by atoms with Crippen molar-refractivity contribution in [3.05, 3.63) is 129 Å². The molecule has 4 aromatic rings. The lowest BCUT2D eigenvalue weighted by atomic mass is 9.87. The summed E-state index contributed by atoms with van der Waals surface area (Å²) in [5.41, 5.74) is -3.40. The molecule has 0 bridgehead atoms. The monoisotopic (exact) mass is 587 g/mol. The maximum Gasteiger partial charge on any atom is 0.416 e. The van der Waals surface area contributed by atoms with Gasteiger partial charge in [-0.2, -0.15) is 13.2 Å². The summed E-state index contributed by atoms with van der Waals surface area (Å²) in [6, 6.07) is 11.2. The van der Waals surface area contributed by atoms with Gasteiger partial charge in [-0.05, 0) is 73.2 Å². The Labute approximate surface area is 234 Å². The van der Waals surface area contributed by atoms with Crippen LogP contribution >= 0.6 is 11.6 Å². The molecule has 1 aliphatic rings. The zero-order valence-electron chi connectivity index (χ0n) is 21.0. The fourth-order valence-corrected chi connectivity index (χ4v) is 4.89. The van der Waals surface area contributed by atoms with Crippen LogP contribution in [0.15, 0.2) is 72.9 Å². The third-order valence-corrected chi connectivity index (χ3v) is 7.06. The van der Waals surface area contributed by atoms with E-state index in [0.29, 0.717) is 12.1 Å². The molecule has 5 rings (SSSR count). The fourth-order valence-electron chi connectivity index (χ4n) is 4.66. The van der Waals surface area contributed by atoms with Gasteiger partial charge in [-0.15, -0.1) is 0 Å². The first kappa shape index (κ1) is 28.2. The summed E-state index contributed by atoms with van der Waals surface area (Å²) < 4.78 is 68.1. The lowest BCUT2D eigenvalue weighted by Crippen LogP contribution is -2.25. The Hall–Kier alpha value is -4.35. The van der Waals surface area contributed by atoms with Crippen molar-refractivity contribution in [3.8, 4) is 0 Å². The van der Waals surface area contributed by atoms with Gasteiger partial charge in [-0.25, -0.2) is 8.78 Å². The van der Waals surface area contributed by atoms with Gasteiger partial charge in [0.2, 0.25) is 0 Å². The number of carbonyl (C=O) groups excluding carboxylic acids is 2. The van der Waals surface area contributed by atoms with Crippen molar-refractivity contribution < 1.29 is 36.6 Å². The van der Waals surface area contributed by atoms with E-state index in [9.17, 15) is 36.6 Å². The summed E-state index contributed by atoms with van der Waals surface area (Å²) in [6.07, 6.45) is -3.48. The van der Waals surface area contributed by atoms with Crippen molar-refractivity contribution in [2.24, 2.45) is 0 Å². The van der Waals surface area contributed by atoms with E-state index >= 15 is 0 Å². The largest absolute Gasteiger partial charge is 0.416 e. The van der Waals surface area contributed by atoms with Gasteiger partial charge in [0.1, 0.15) is 17.2 Å². The molecule has 0 saturated heterocycles. The Kier molecular flexibility index (Phi) is 7.04. The zero-order chi connectivity index (χ0) is 29.7. The third-order valence-electron chi connectivity index (χ3n) is 6.72. The van der Waals surface area contributed by atoms with Gasteiger partial charge < -0.3 is 15.7 Å². The summed E-state index contributed by atoms with van der Waals surface area (Å²) in [7, 11) is 0. The summed E-state index contributed by atoms with van der Waals surface area (Å²) in [5, 5.41) is 16.6. The van der Waals surface area contributed by atoms with E-state index in [-0.39, 0.29) is 44.7 Å². The van der Waals surface area contributed by atoms with Gasteiger partial charge >= 0.3 is 6.18 Å². The Morgan fingerprint density at radius 2 is 1.76 bits per heavy atom. The van der Waals surface area contributed by atoms with Crippen LogP contribution in [0, 0.1) is 11.6 Å². The molecule has 0 saturated carbocycles. The molecule has 2 heterocycles. The minimum Gasteiger partial charge on any atom is -0.379 e. The molecule has 2 atom stereocenters. The Balaban J connectivity index is 1.68. The molecule has 3 aromatic carbocycles. The van der Waals surface area contributed by atoms with Gasteiger partial charge in [-0.1, -0.05) is 17.7 Å². The minimum absolute atomic E-state index is 0.0189. The lowest BCUT2D eigenvalue weighted by Gasteiger charge is -2.26. The zero-order valence-corrected chi connectivity index (χ0v) is 21.7. The summed E-state index contributed by atoms with van der Waals surface area (Å²) in [5.74, 6) is -3.73. The van der Waals surface area contributed by atoms with Gasteiger partial charge in [0.25, 0.3) is 11.8 Å². The second kappa shape index (κ2) is 10.2. The molecule has 2 unspecified atom stereocenters. The molecule has 3 N–H and O–H groups in total. The van der Waals surface area contributed by atoms with E-state index in [1.165, 1.54) is 37.4 Å². The summed E-state index contributed by atoms with van der Waals surface area (Å²) in [6.45, 7) is 1.40. The minimum atomic E-state index is -4.92. The number of nitrogens with zero attached hydrogens (tertiary/aromatic N) is 1. The van der Waals surface area contributed by atoms with Crippen LogP contribution in [0.25, 0.3) is 0 Å². The number of nitrogens with one attached hydrogen (secondary N) is 2. The number of pyridine rings is 1. The fraction of sp³-hybridized carbons (Fsp3) is 0.138. The van der Waals surface area contributed by atoms with Crippen LogP contribution in [0.1, 0.15) is 61.6 Å². The molecule has 6 nitrogen and oxygen atoms in total. The van der Waals surface area contributed by atoms with Crippen LogP contribution in [0.2, 0.25) is 5.02 Å². The summed E-state index contributed by atoms with van der Waals surface area (Å²) in [4.78, 5) is 30.5. The highest BCUT2D eigenvalue weighted by molar-refractivity contribution is 6.31. The van der Waals surface area contributed by atoms with Crippen molar-refractivity contribution >= 4 is 29.1 Å². The molecular formula is C29H19ClF5N3O3. The topological polar surface area (TPSA) is 91.3 Å². The molecule has 41 heavy (non-hydrogen) atoms. The smallest absolute Gasteiger partial charge is 0.379 e. The van der Waals surface area contributed by atoms with E-state index in [2.05, 4.69) is 15.6 Å². The van der Waals surface area contributed by atoms with E-state index in [0.717, 1.165) is 12.1 Å². The summed E-state index contributed by atoms with van der Waals surface area (Å²) >= 11 is 6.30. The van der Waals surface area contributed by atoms with Crippen LogP contribution < -0.4 is 10.6 Å². The predicted octanol–water partition coefficient (Wildman–Crippen LogP) is 6.37. The predicted molar refractivity (Wildman–Crippen MR) is 139 cm³/mol. The number of carbonyl (C=O) groups is 2. The van der Waals surface area contributed by atoms with E-state index in [1.807, 2.05) is 0 Å². The van der Waals surface area contributed by atoms with Crippen LogP contribution in [-0.4, -0.2) is 21.9 Å². The van der Waals surface area contributed by atoms with Crippen molar-refractivity contribution in [1.29, 1.82) is 0 Å². The SMILES string of the molecule is CC(O)(c1cc(NC(=O)c2cc(F)cc(C(F)(F)F)c2)c2c(c1)C(=O)NC2c1cc(F)ccc1Cl)c1ccccn1. The first-order chi connectivity index (χ1) is 19.3. The van der Waals surface area contributed by atoms with Gasteiger partial charge in [0, 0.05) is 39.2 Å². The van der Waals surface area contributed by atoms with Crippen LogP contribution in [0.5, 0.6) is 0 Å². The van der Waals surface area contributed by atoms with Crippen molar-refractivity contribution in [2.75, 3.05) is 5.32 Å². The Morgan fingerprint density at radius 1 is 1.00 bits per heavy atom. The number of alkyl halides is 3. The molecular weight excluding hydrogens is 569 g/mol. The Morgan fingerprint density at radius 3 is 2.44 bits per heavy atom. The van der Waals surface area contributed by atoms with Gasteiger partial charge in [0.05, 0.1) is 17.3 Å². The molecule has 1 aromatic heterocycles. The van der Waals surface area contributed by atoms with E-state index < -0.39 is 52.4 Å². The second-order valence-electron chi connectivity index (χ2n) is 9.53. The van der Waals surface area contributed by atoms with Crippen molar-refractivity contribution in [3.63, 3.8) is 0 Å². The normalized spacial score (nSPS) is 16.1. The first-order valence-corrected chi connectivity index (χ1v) is 12.4. The van der Waals surface area contributed by atoms with Gasteiger partial charge in [-0.3, -0.25) is 14.6 Å². The molecule has 2 amide bonds. The number of halogens is 6. The number of aliphatic hydroxyl groups is 1. The molecule has 0 fully saturated rings. The first-order valence-electron chi connectivity index (χ1n) is 12.0. The number of benzene rings is 3. The highest BCUT2D eigenvalue weighted by Gasteiger charge is 2.38. The van der Waals surface area contributed by atoms with Crippen molar-refractivity contribution in [1.82, 2.24) is 10.3 Å². The quantitative estimate of drug-likeness (QED) is 0.237. The van der Waals surface area contributed by atoms with Crippen molar-refractivity contribution in [2.45, 2.75) is 24.7 Å². The molecule has 0 radical (unpaired) electrons. The molecule has 0 aliphatic carbocycles. The van der Waals surface area contributed by atoms with E-state index in [1.54, 1.807) is 12.1 Å². The molecule has 1 aliphatic heterocycles. The number of amides is 2. The maximum absolute atomic E-state index is 14.2. The highest BCUT2D eigenvalue weighted by atomic mass is 35.5. The number of hydrogen-bond acceptors (Lipinski definition) is 4. The lowest BCUT2D eigenvalue weighted by molar-refractivity contribution is -0.137. The standard InChI is InChI=1S/C29H19ClF5N3O3/c1-28(41,23-4-2-3-7-36-23)15-11-20-24(25(38-27(20)40)19-13-17(31)5-6-21(19)30)22(12-15)37-26(39)14-8-16(29(33,34)35)10-18(32)9-14/h2-13,25,41H,1H3,(H,37,39)(H,38,40). The van der Waals surface area contributed by atoms with Crippen LogP contribution in [0.3, 0.4) is 0 Å².